The van der Waals surface area contributed by atoms with Crippen molar-refractivity contribution in [3.05, 3.63) is 58.0 Å². The van der Waals surface area contributed by atoms with Crippen molar-refractivity contribution in [3.8, 4) is 5.75 Å². The average Bonchev–Trinajstić information content (AvgIpc) is 2.62. The molecule has 1 saturated heterocycles. The average molecular weight is 347 g/mol. The van der Waals surface area contributed by atoms with Gasteiger partial charge in [-0.15, -0.1) is 0 Å². The lowest BCUT2D eigenvalue weighted by Crippen LogP contribution is -2.42. The second kappa shape index (κ2) is 8.22. The molecule has 0 aliphatic carbocycles. The fourth-order valence-corrected chi connectivity index (χ4v) is 3.03. The maximum atomic E-state index is 14.3. The summed E-state index contributed by atoms with van der Waals surface area (Å²) < 4.78 is 25.1. The fraction of sp³-hybridized carbons (Fsp3) is 0.444. The molecule has 2 heterocycles. The summed E-state index contributed by atoms with van der Waals surface area (Å²) in [7, 11) is 1.47. The Kier molecular flexibility index (Phi) is 5.78. The zero-order chi connectivity index (χ0) is 17.6. The molecule has 0 bridgehead atoms. The Morgan fingerprint density at radius 1 is 1.48 bits per heavy atom. The zero-order valence-corrected chi connectivity index (χ0v) is 14.2. The van der Waals surface area contributed by atoms with Gasteiger partial charge in [-0.25, -0.2) is 9.37 Å². The van der Waals surface area contributed by atoms with Crippen molar-refractivity contribution < 1.29 is 13.9 Å². The number of nitrogens with zero attached hydrogens (tertiary/aromatic N) is 2. The Balaban J connectivity index is 1.57. The van der Waals surface area contributed by atoms with Crippen LogP contribution >= 0.6 is 0 Å². The second-order valence-corrected chi connectivity index (χ2v) is 6.10. The third-order valence-corrected chi connectivity index (χ3v) is 4.34. The molecule has 25 heavy (non-hydrogen) atoms. The standard InChI is InChI=1S/C18H22FN3O3/c1-24-16-4-2-3-13(18(16)19)10-22-7-8-25-15(11-22)6-5-14-9-17(23)21-12-20-14/h2-4,9,12,15H,5-8,10-11H2,1H3,(H,20,21,23)/t15-/m0/s1. The summed E-state index contributed by atoms with van der Waals surface area (Å²) in [6.07, 6.45) is 2.91. The highest BCUT2D eigenvalue weighted by Crippen LogP contribution is 2.22. The number of aromatic amines is 1. The molecule has 1 aromatic carbocycles. The largest absolute Gasteiger partial charge is 0.494 e. The Labute approximate surface area is 145 Å². The number of halogens is 1. The predicted octanol–water partition coefficient (Wildman–Crippen LogP) is 1.75. The highest BCUT2D eigenvalue weighted by atomic mass is 19.1. The normalized spacial score (nSPS) is 18.2. The molecule has 134 valence electrons. The van der Waals surface area contributed by atoms with Gasteiger partial charge in [0.25, 0.3) is 5.56 Å². The summed E-state index contributed by atoms with van der Waals surface area (Å²) in [5.41, 5.74) is 1.23. The van der Waals surface area contributed by atoms with Crippen LogP contribution in [0.1, 0.15) is 17.7 Å². The third kappa shape index (κ3) is 4.64. The lowest BCUT2D eigenvalue weighted by atomic mass is 10.1. The molecule has 0 spiro atoms. The lowest BCUT2D eigenvalue weighted by Gasteiger charge is -2.33. The molecular formula is C18H22FN3O3. The molecule has 0 saturated carbocycles. The Morgan fingerprint density at radius 2 is 2.36 bits per heavy atom. The van der Waals surface area contributed by atoms with Crippen molar-refractivity contribution in [3.63, 3.8) is 0 Å². The summed E-state index contributed by atoms with van der Waals surface area (Å²) in [6.45, 7) is 2.61. The summed E-state index contributed by atoms with van der Waals surface area (Å²) in [5.74, 6) is -0.0385. The minimum Gasteiger partial charge on any atom is -0.494 e. The maximum Gasteiger partial charge on any atom is 0.250 e. The van der Waals surface area contributed by atoms with Gasteiger partial charge in [0, 0.05) is 37.0 Å². The molecule has 7 heteroatoms. The monoisotopic (exact) mass is 347 g/mol. The van der Waals surface area contributed by atoms with Crippen LogP contribution in [0.5, 0.6) is 5.75 Å². The number of hydrogen-bond acceptors (Lipinski definition) is 5. The minimum absolute atomic E-state index is 0.0449. The summed E-state index contributed by atoms with van der Waals surface area (Å²) in [6, 6.07) is 6.71. The van der Waals surface area contributed by atoms with Crippen LogP contribution in [0.15, 0.2) is 35.4 Å². The summed E-state index contributed by atoms with van der Waals surface area (Å²) >= 11 is 0. The first-order valence-electron chi connectivity index (χ1n) is 8.34. The van der Waals surface area contributed by atoms with Gasteiger partial charge in [-0.05, 0) is 18.9 Å². The van der Waals surface area contributed by atoms with E-state index in [-0.39, 0.29) is 23.2 Å². The molecule has 1 N–H and O–H groups in total. The third-order valence-electron chi connectivity index (χ3n) is 4.34. The second-order valence-electron chi connectivity index (χ2n) is 6.10. The molecule has 0 unspecified atom stereocenters. The molecule has 0 radical (unpaired) electrons. The van der Waals surface area contributed by atoms with E-state index in [0.29, 0.717) is 25.1 Å². The van der Waals surface area contributed by atoms with Crippen molar-refractivity contribution in [1.29, 1.82) is 0 Å². The van der Waals surface area contributed by atoms with Crippen molar-refractivity contribution in [2.24, 2.45) is 0 Å². The molecule has 1 fully saturated rings. The number of rotatable bonds is 6. The number of nitrogens with one attached hydrogen (secondary N) is 1. The van der Waals surface area contributed by atoms with Crippen LogP contribution in [0.4, 0.5) is 4.39 Å². The van der Waals surface area contributed by atoms with Crippen molar-refractivity contribution >= 4 is 0 Å². The Hall–Kier alpha value is -2.25. The first-order valence-corrected chi connectivity index (χ1v) is 8.34. The zero-order valence-electron chi connectivity index (χ0n) is 14.2. The fourth-order valence-electron chi connectivity index (χ4n) is 3.03. The Morgan fingerprint density at radius 3 is 3.16 bits per heavy atom. The SMILES string of the molecule is COc1cccc(CN2CCO[C@@H](CCc3cc(=O)[nH]cn3)C2)c1F. The highest BCUT2D eigenvalue weighted by Gasteiger charge is 2.22. The van der Waals surface area contributed by atoms with E-state index in [4.69, 9.17) is 9.47 Å². The van der Waals surface area contributed by atoms with Crippen molar-refractivity contribution in [1.82, 2.24) is 14.9 Å². The van der Waals surface area contributed by atoms with Gasteiger partial charge in [-0.2, -0.15) is 0 Å². The topological polar surface area (TPSA) is 67.5 Å². The van der Waals surface area contributed by atoms with Gasteiger partial charge in [0.15, 0.2) is 11.6 Å². The number of H-pyrrole nitrogens is 1. The molecular weight excluding hydrogens is 325 g/mol. The van der Waals surface area contributed by atoms with Gasteiger partial charge in [-0.3, -0.25) is 9.69 Å². The van der Waals surface area contributed by atoms with Crippen LogP contribution in [0.3, 0.4) is 0 Å². The van der Waals surface area contributed by atoms with Crippen LogP contribution in [0.2, 0.25) is 0 Å². The molecule has 3 rings (SSSR count). The van der Waals surface area contributed by atoms with Crippen LogP contribution < -0.4 is 10.3 Å². The van der Waals surface area contributed by atoms with Gasteiger partial charge in [0.1, 0.15) is 0 Å². The maximum absolute atomic E-state index is 14.3. The smallest absolute Gasteiger partial charge is 0.250 e. The minimum atomic E-state index is -0.305. The van der Waals surface area contributed by atoms with E-state index in [1.54, 1.807) is 18.2 Å². The molecule has 1 atom stereocenters. The number of aryl methyl sites for hydroxylation is 1. The first kappa shape index (κ1) is 17.6. The highest BCUT2D eigenvalue weighted by molar-refractivity contribution is 5.31. The lowest BCUT2D eigenvalue weighted by molar-refractivity contribution is -0.0349. The summed E-state index contributed by atoms with van der Waals surface area (Å²) in [4.78, 5) is 20.1. The molecule has 0 amide bonds. The van der Waals surface area contributed by atoms with Gasteiger partial charge < -0.3 is 14.5 Å². The molecule has 1 aliphatic rings. The number of methoxy groups -OCH3 is 1. The van der Waals surface area contributed by atoms with E-state index < -0.39 is 0 Å². The number of benzene rings is 1. The molecule has 1 aromatic heterocycles. The van der Waals surface area contributed by atoms with Gasteiger partial charge >= 0.3 is 0 Å². The van der Waals surface area contributed by atoms with Crippen LogP contribution in [0.25, 0.3) is 0 Å². The van der Waals surface area contributed by atoms with Crippen molar-refractivity contribution in [2.45, 2.75) is 25.5 Å². The van der Waals surface area contributed by atoms with Crippen LogP contribution in [-0.2, 0) is 17.7 Å². The van der Waals surface area contributed by atoms with Gasteiger partial charge in [0.05, 0.1) is 26.1 Å². The van der Waals surface area contributed by atoms with E-state index in [0.717, 1.165) is 25.2 Å². The predicted molar refractivity (Wildman–Crippen MR) is 91.1 cm³/mol. The number of hydrogen-bond donors (Lipinski definition) is 1. The van der Waals surface area contributed by atoms with Crippen molar-refractivity contribution in [2.75, 3.05) is 26.8 Å². The number of ether oxygens (including phenoxy) is 2. The number of aromatic nitrogens is 2. The van der Waals surface area contributed by atoms with Crippen LogP contribution in [0, 0.1) is 5.82 Å². The van der Waals surface area contributed by atoms with E-state index >= 15 is 0 Å². The summed E-state index contributed by atoms with van der Waals surface area (Å²) in [5, 5.41) is 0. The molecule has 1 aliphatic heterocycles. The number of morpholine rings is 1. The Bertz CT molecular complexity index is 765. The van der Waals surface area contributed by atoms with Crippen LogP contribution in [-0.4, -0.2) is 47.8 Å². The first-order chi connectivity index (χ1) is 12.2. The van der Waals surface area contributed by atoms with E-state index in [1.807, 2.05) is 0 Å². The molecule has 2 aromatic rings. The van der Waals surface area contributed by atoms with E-state index in [2.05, 4.69) is 14.9 Å². The van der Waals surface area contributed by atoms with E-state index in [9.17, 15) is 9.18 Å². The van der Waals surface area contributed by atoms with E-state index in [1.165, 1.54) is 19.5 Å². The van der Waals surface area contributed by atoms with Gasteiger partial charge in [-0.1, -0.05) is 12.1 Å². The molecule has 6 nitrogen and oxygen atoms in total. The quantitative estimate of drug-likeness (QED) is 0.862. The van der Waals surface area contributed by atoms with Gasteiger partial charge in [0.2, 0.25) is 0 Å².